The minimum atomic E-state index is -0.931. The Balaban J connectivity index is 0.000000262. The fourth-order valence-electron chi connectivity index (χ4n) is 0.566. The van der Waals surface area contributed by atoms with E-state index in [0.717, 1.165) is 0 Å². The molecule has 0 saturated heterocycles. The molecule has 0 aromatic carbocycles. The summed E-state index contributed by atoms with van der Waals surface area (Å²) in [6.45, 7) is 3.55. The van der Waals surface area contributed by atoms with Crippen molar-refractivity contribution >= 4 is 17.6 Å². The van der Waals surface area contributed by atoms with Crippen LogP contribution in [0.4, 0.5) is 0 Å². The molecule has 15 heavy (non-hydrogen) atoms. The van der Waals surface area contributed by atoms with Crippen LogP contribution in [0.25, 0.3) is 0 Å². The summed E-state index contributed by atoms with van der Waals surface area (Å²) in [6.07, 6.45) is 3.19. The van der Waals surface area contributed by atoms with Gasteiger partial charge < -0.3 is 10.8 Å². The van der Waals surface area contributed by atoms with Crippen LogP contribution in [0.1, 0.15) is 13.8 Å². The predicted octanol–water partition coefficient (Wildman–Crippen LogP) is 1.18. The average Bonchev–Trinajstić information content (AvgIpc) is 2.18. The molecule has 0 fully saturated rings. The highest BCUT2D eigenvalue weighted by Gasteiger charge is 2.14. The van der Waals surface area contributed by atoms with Gasteiger partial charge in [0.2, 0.25) is 5.28 Å². The maximum absolute atomic E-state index is 10.0. The van der Waals surface area contributed by atoms with Crippen LogP contribution in [-0.2, 0) is 4.79 Å². The van der Waals surface area contributed by atoms with Crippen LogP contribution in [0, 0.1) is 5.92 Å². The van der Waals surface area contributed by atoms with Crippen molar-refractivity contribution < 1.29 is 9.90 Å². The van der Waals surface area contributed by atoms with Gasteiger partial charge in [-0.2, -0.15) is 0 Å². The van der Waals surface area contributed by atoms with E-state index in [1.807, 2.05) is 0 Å². The Bertz CT molecular complexity index is 293. The highest BCUT2D eigenvalue weighted by atomic mass is 35.5. The topological polar surface area (TPSA) is 89.1 Å². The van der Waals surface area contributed by atoms with Gasteiger partial charge in [0, 0.05) is 12.4 Å². The lowest BCUT2D eigenvalue weighted by Gasteiger charge is -2.07. The van der Waals surface area contributed by atoms with Crippen LogP contribution in [-0.4, -0.2) is 27.1 Å². The number of hydrogen-bond acceptors (Lipinski definition) is 4. The van der Waals surface area contributed by atoms with E-state index in [9.17, 15) is 4.79 Å². The normalized spacial score (nSPS) is 11.5. The van der Waals surface area contributed by atoms with Gasteiger partial charge in [-0.1, -0.05) is 13.8 Å². The molecule has 0 saturated carbocycles. The second kappa shape index (κ2) is 7.14. The zero-order valence-corrected chi connectivity index (χ0v) is 9.35. The summed E-state index contributed by atoms with van der Waals surface area (Å²) in [5.41, 5.74) is 5.16. The molecule has 0 amide bonds. The lowest BCUT2D eigenvalue weighted by molar-refractivity contribution is -0.139. The van der Waals surface area contributed by atoms with Gasteiger partial charge in [-0.3, -0.25) is 4.79 Å². The first-order chi connectivity index (χ1) is 6.95. The molecular formula is C9H14ClN3O2. The van der Waals surface area contributed by atoms with Crippen molar-refractivity contribution in [1.29, 1.82) is 0 Å². The van der Waals surface area contributed by atoms with Crippen molar-refractivity contribution in [2.75, 3.05) is 0 Å². The lowest BCUT2D eigenvalue weighted by Crippen LogP contribution is -2.34. The van der Waals surface area contributed by atoms with Gasteiger partial charge in [0.15, 0.2) is 0 Å². The summed E-state index contributed by atoms with van der Waals surface area (Å²) < 4.78 is 0. The summed E-state index contributed by atoms with van der Waals surface area (Å²) in [6, 6.07) is 1.00. The van der Waals surface area contributed by atoms with Gasteiger partial charge in [-0.15, -0.1) is 0 Å². The van der Waals surface area contributed by atoms with Gasteiger partial charge >= 0.3 is 5.97 Å². The minimum absolute atomic E-state index is 0.0208. The molecule has 0 spiro atoms. The third kappa shape index (κ3) is 6.82. The molecule has 1 rings (SSSR count). The van der Waals surface area contributed by atoms with E-state index in [4.69, 9.17) is 22.4 Å². The van der Waals surface area contributed by atoms with Gasteiger partial charge in [0.1, 0.15) is 6.04 Å². The first-order valence-corrected chi connectivity index (χ1v) is 4.73. The van der Waals surface area contributed by atoms with Crippen molar-refractivity contribution in [3.8, 4) is 0 Å². The monoisotopic (exact) mass is 231 g/mol. The van der Waals surface area contributed by atoms with Crippen LogP contribution in [0.15, 0.2) is 18.5 Å². The third-order valence-electron chi connectivity index (χ3n) is 1.54. The molecule has 0 aliphatic heterocycles. The van der Waals surface area contributed by atoms with Crippen LogP contribution in [0.5, 0.6) is 0 Å². The van der Waals surface area contributed by atoms with Crippen molar-refractivity contribution in [2.24, 2.45) is 11.7 Å². The number of aliphatic carboxylic acids is 1. The van der Waals surface area contributed by atoms with Crippen molar-refractivity contribution in [1.82, 2.24) is 9.97 Å². The summed E-state index contributed by atoms with van der Waals surface area (Å²) in [4.78, 5) is 17.3. The van der Waals surface area contributed by atoms with Gasteiger partial charge in [0.25, 0.3) is 0 Å². The average molecular weight is 232 g/mol. The van der Waals surface area contributed by atoms with Crippen LogP contribution in [0.3, 0.4) is 0 Å². The Morgan fingerprint density at radius 2 is 1.93 bits per heavy atom. The highest BCUT2D eigenvalue weighted by Crippen LogP contribution is 1.96. The first-order valence-electron chi connectivity index (χ1n) is 4.36. The quantitative estimate of drug-likeness (QED) is 0.747. The van der Waals surface area contributed by atoms with Crippen LogP contribution < -0.4 is 5.73 Å². The Morgan fingerprint density at radius 1 is 1.47 bits per heavy atom. The number of carbonyl (C=O) groups is 1. The SMILES string of the molecule is CC(C)[C@H](N)C(=O)O.Clc1ncccn1. The Labute approximate surface area is 93.3 Å². The standard InChI is InChI=1S/C5H11NO2.C4H3ClN2/c1-3(2)4(6)5(7)8;5-4-6-2-1-3-7-4/h3-4H,6H2,1-2H3,(H,7,8);1-3H/t4-;/m0./s1. The summed E-state index contributed by atoms with van der Waals surface area (Å²) >= 11 is 5.32. The van der Waals surface area contributed by atoms with E-state index >= 15 is 0 Å². The lowest BCUT2D eigenvalue weighted by atomic mass is 10.1. The smallest absolute Gasteiger partial charge is 0.320 e. The Kier molecular flexibility index (Phi) is 6.57. The Hall–Kier alpha value is -1.20. The van der Waals surface area contributed by atoms with E-state index < -0.39 is 12.0 Å². The molecule has 1 heterocycles. The molecule has 0 bridgehead atoms. The van der Waals surface area contributed by atoms with Gasteiger partial charge in [0.05, 0.1) is 0 Å². The maximum Gasteiger partial charge on any atom is 0.320 e. The predicted molar refractivity (Wildman–Crippen MR) is 57.5 cm³/mol. The second-order valence-electron chi connectivity index (χ2n) is 3.13. The third-order valence-corrected chi connectivity index (χ3v) is 1.73. The number of hydrogen-bond donors (Lipinski definition) is 2. The van der Waals surface area contributed by atoms with Crippen LogP contribution >= 0.6 is 11.6 Å². The highest BCUT2D eigenvalue weighted by molar-refractivity contribution is 6.28. The molecule has 1 aromatic rings. The van der Waals surface area contributed by atoms with Crippen molar-refractivity contribution in [3.63, 3.8) is 0 Å². The summed E-state index contributed by atoms with van der Waals surface area (Å²) in [5.74, 6) is -0.910. The summed E-state index contributed by atoms with van der Waals surface area (Å²) in [7, 11) is 0. The number of aromatic nitrogens is 2. The molecule has 3 N–H and O–H groups in total. The number of halogens is 1. The van der Waals surface area contributed by atoms with E-state index in [2.05, 4.69) is 9.97 Å². The van der Waals surface area contributed by atoms with Crippen molar-refractivity contribution in [3.05, 3.63) is 23.7 Å². The van der Waals surface area contributed by atoms with Crippen molar-refractivity contribution in [2.45, 2.75) is 19.9 Å². The number of carboxylic acids is 1. The van der Waals surface area contributed by atoms with Gasteiger partial charge in [-0.25, -0.2) is 9.97 Å². The zero-order valence-electron chi connectivity index (χ0n) is 8.59. The van der Waals surface area contributed by atoms with E-state index in [1.54, 1.807) is 32.3 Å². The fourth-order valence-corrected chi connectivity index (χ4v) is 0.679. The molecule has 6 heteroatoms. The molecule has 1 atom stereocenters. The number of nitrogens with zero attached hydrogens (tertiary/aromatic N) is 2. The first kappa shape index (κ1) is 13.8. The van der Waals surface area contributed by atoms with E-state index in [1.165, 1.54) is 0 Å². The maximum atomic E-state index is 10.0. The molecule has 0 aliphatic carbocycles. The number of rotatable bonds is 2. The van der Waals surface area contributed by atoms with E-state index in [0.29, 0.717) is 5.28 Å². The molecule has 1 aromatic heterocycles. The molecule has 0 unspecified atom stereocenters. The number of nitrogens with two attached hydrogens (primary N) is 1. The fraction of sp³-hybridized carbons (Fsp3) is 0.444. The minimum Gasteiger partial charge on any atom is -0.480 e. The zero-order chi connectivity index (χ0) is 11.8. The molecule has 84 valence electrons. The molecule has 0 aliphatic rings. The molecular weight excluding hydrogens is 218 g/mol. The van der Waals surface area contributed by atoms with Crippen LogP contribution in [0.2, 0.25) is 5.28 Å². The molecule has 0 radical (unpaired) electrons. The largest absolute Gasteiger partial charge is 0.480 e. The number of carboxylic acid groups (broad SMARTS) is 1. The Morgan fingerprint density at radius 3 is 2.07 bits per heavy atom. The van der Waals surface area contributed by atoms with E-state index in [-0.39, 0.29) is 5.92 Å². The second-order valence-corrected chi connectivity index (χ2v) is 3.46. The summed E-state index contributed by atoms with van der Waals surface area (Å²) in [5, 5.41) is 8.52. The molecule has 5 nitrogen and oxygen atoms in total. The van der Waals surface area contributed by atoms with Gasteiger partial charge in [-0.05, 0) is 23.6 Å².